The lowest BCUT2D eigenvalue weighted by atomic mass is 10.1. The smallest absolute Gasteiger partial charge is 0.444 e. The van der Waals surface area contributed by atoms with Gasteiger partial charge in [-0.1, -0.05) is 6.92 Å². The number of rotatable bonds is 4. The first-order valence-electron chi connectivity index (χ1n) is 10.6. The summed E-state index contributed by atoms with van der Waals surface area (Å²) in [7, 11) is 0. The van der Waals surface area contributed by atoms with Gasteiger partial charge in [0.15, 0.2) is 0 Å². The number of aromatic nitrogens is 3. The molecule has 2 atom stereocenters. The number of carbonyl (C=O) groups excluding carboxylic acids is 2. The van der Waals surface area contributed by atoms with Crippen molar-refractivity contribution >= 4 is 12.0 Å². The van der Waals surface area contributed by atoms with Crippen molar-refractivity contribution in [2.24, 2.45) is 5.92 Å². The number of nitrogens with one attached hydrogen (secondary N) is 1. The van der Waals surface area contributed by atoms with E-state index >= 15 is 0 Å². The van der Waals surface area contributed by atoms with E-state index in [2.05, 4.69) is 20.3 Å². The molecule has 12 heteroatoms. The molecule has 1 aliphatic heterocycles. The van der Waals surface area contributed by atoms with Gasteiger partial charge in [-0.25, -0.2) is 19.2 Å². The summed E-state index contributed by atoms with van der Waals surface area (Å²) in [5.74, 6) is -2.40. The number of pyridine rings is 1. The molecule has 0 saturated carbocycles. The third-order valence-electron chi connectivity index (χ3n) is 5.03. The van der Waals surface area contributed by atoms with Gasteiger partial charge in [0.05, 0.1) is 11.9 Å². The van der Waals surface area contributed by atoms with E-state index < -0.39 is 41.5 Å². The van der Waals surface area contributed by atoms with Crippen molar-refractivity contribution in [1.82, 2.24) is 25.2 Å². The van der Waals surface area contributed by atoms with Crippen molar-refractivity contribution in [3.05, 3.63) is 41.9 Å². The van der Waals surface area contributed by atoms with Gasteiger partial charge in [-0.15, -0.1) is 0 Å². The first-order valence-corrected chi connectivity index (χ1v) is 10.6. The van der Waals surface area contributed by atoms with Gasteiger partial charge in [-0.3, -0.25) is 14.7 Å². The normalized spacial score (nSPS) is 18.6. The largest absolute Gasteiger partial charge is 0.451 e. The molecule has 8 nitrogen and oxygen atoms in total. The van der Waals surface area contributed by atoms with Crippen LogP contribution in [-0.4, -0.2) is 50.0 Å². The molecule has 0 radical (unpaired) electrons. The Bertz CT molecular complexity index is 1050. The molecule has 0 aromatic carbocycles. The number of alkyl halides is 3. The third kappa shape index (κ3) is 6.17. The van der Waals surface area contributed by atoms with Crippen LogP contribution in [0, 0.1) is 11.7 Å². The molecule has 2 aromatic rings. The number of halogens is 4. The highest BCUT2D eigenvalue weighted by atomic mass is 19.4. The van der Waals surface area contributed by atoms with Crippen molar-refractivity contribution in [1.29, 1.82) is 0 Å². The Hall–Kier alpha value is -3.31. The van der Waals surface area contributed by atoms with Crippen LogP contribution < -0.4 is 5.32 Å². The van der Waals surface area contributed by atoms with E-state index in [9.17, 15) is 27.2 Å². The minimum Gasteiger partial charge on any atom is -0.444 e. The van der Waals surface area contributed by atoms with Gasteiger partial charge in [-0.05, 0) is 39.2 Å². The molecule has 1 fully saturated rings. The van der Waals surface area contributed by atoms with Crippen LogP contribution in [0.25, 0.3) is 11.3 Å². The van der Waals surface area contributed by atoms with Crippen LogP contribution in [0.2, 0.25) is 0 Å². The summed E-state index contributed by atoms with van der Waals surface area (Å²) in [6.45, 7) is 7.23. The number of amides is 2. The van der Waals surface area contributed by atoms with Gasteiger partial charge in [0.25, 0.3) is 0 Å². The van der Waals surface area contributed by atoms with E-state index in [1.165, 1.54) is 11.0 Å². The van der Waals surface area contributed by atoms with Crippen LogP contribution in [0.5, 0.6) is 0 Å². The van der Waals surface area contributed by atoms with Crippen LogP contribution >= 0.6 is 0 Å². The maximum atomic E-state index is 14.3. The second-order valence-electron chi connectivity index (χ2n) is 9.16. The van der Waals surface area contributed by atoms with Crippen molar-refractivity contribution in [2.45, 2.75) is 58.5 Å². The summed E-state index contributed by atoms with van der Waals surface area (Å²) in [6.07, 6.45) is -2.07. The lowest BCUT2D eigenvalue weighted by Gasteiger charge is -2.28. The van der Waals surface area contributed by atoms with Gasteiger partial charge in [0.2, 0.25) is 11.7 Å². The van der Waals surface area contributed by atoms with Crippen molar-refractivity contribution in [3.8, 4) is 11.3 Å². The first kappa shape index (κ1) is 25.3. The second-order valence-corrected chi connectivity index (χ2v) is 9.16. The molecule has 1 aliphatic rings. The van der Waals surface area contributed by atoms with Gasteiger partial charge in [0.1, 0.15) is 17.5 Å². The molecule has 184 valence electrons. The average Bonchev–Trinajstić information content (AvgIpc) is 3.13. The Balaban J connectivity index is 1.71. The number of ether oxygens (including phenoxy) is 1. The van der Waals surface area contributed by atoms with E-state index in [0.717, 1.165) is 18.6 Å². The third-order valence-corrected chi connectivity index (χ3v) is 5.03. The molecule has 0 spiro atoms. The van der Waals surface area contributed by atoms with E-state index in [4.69, 9.17) is 4.74 Å². The number of carbonyl (C=O) groups is 2. The molecule has 0 aliphatic carbocycles. The van der Waals surface area contributed by atoms with Gasteiger partial charge in [0, 0.05) is 36.6 Å². The highest BCUT2D eigenvalue weighted by Gasteiger charge is 2.40. The Labute approximate surface area is 193 Å². The summed E-state index contributed by atoms with van der Waals surface area (Å²) >= 11 is 0. The molecule has 3 heterocycles. The predicted octanol–water partition coefficient (Wildman–Crippen LogP) is 3.96. The van der Waals surface area contributed by atoms with Gasteiger partial charge in [-0.2, -0.15) is 13.2 Å². The van der Waals surface area contributed by atoms with E-state index in [1.807, 2.05) is 6.92 Å². The van der Waals surface area contributed by atoms with Crippen LogP contribution in [0.4, 0.5) is 22.4 Å². The lowest BCUT2D eigenvalue weighted by molar-refractivity contribution is -0.145. The first-order chi connectivity index (χ1) is 15.7. The predicted molar refractivity (Wildman–Crippen MR) is 113 cm³/mol. The summed E-state index contributed by atoms with van der Waals surface area (Å²) in [4.78, 5) is 37.1. The summed E-state index contributed by atoms with van der Waals surface area (Å²) in [6, 6.07) is 0.530. The zero-order valence-corrected chi connectivity index (χ0v) is 19.1. The molecular formula is C22H25F4N5O3. The number of nitrogens with zero attached hydrogens (tertiary/aromatic N) is 4. The van der Waals surface area contributed by atoms with E-state index in [1.54, 1.807) is 20.8 Å². The van der Waals surface area contributed by atoms with Crippen molar-refractivity contribution in [2.75, 3.05) is 6.54 Å². The van der Waals surface area contributed by atoms with Crippen LogP contribution in [0.1, 0.15) is 45.5 Å². The quantitative estimate of drug-likeness (QED) is 0.662. The average molecular weight is 483 g/mol. The Morgan fingerprint density at radius 1 is 1.15 bits per heavy atom. The zero-order valence-electron chi connectivity index (χ0n) is 19.1. The molecule has 1 unspecified atom stereocenters. The summed E-state index contributed by atoms with van der Waals surface area (Å²) in [5, 5.41) is 2.62. The second kappa shape index (κ2) is 9.51. The molecule has 2 aromatic heterocycles. The minimum absolute atomic E-state index is 0.0631. The van der Waals surface area contributed by atoms with Crippen LogP contribution in [0.3, 0.4) is 0 Å². The van der Waals surface area contributed by atoms with E-state index in [-0.39, 0.29) is 29.3 Å². The topological polar surface area (TPSA) is 97.3 Å². The van der Waals surface area contributed by atoms with Gasteiger partial charge >= 0.3 is 12.3 Å². The van der Waals surface area contributed by atoms with Crippen molar-refractivity contribution < 1.29 is 31.9 Å². The van der Waals surface area contributed by atoms with E-state index in [0.29, 0.717) is 13.0 Å². The number of hydrogen-bond donors (Lipinski definition) is 1. The summed E-state index contributed by atoms with van der Waals surface area (Å²) < 4.78 is 57.7. The van der Waals surface area contributed by atoms with Gasteiger partial charge < -0.3 is 10.1 Å². The zero-order chi connectivity index (χ0) is 25.3. The molecule has 1 saturated heterocycles. The monoisotopic (exact) mass is 483 g/mol. The number of likely N-dealkylation sites (tertiary alicyclic amines) is 1. The Morgan fingerprint density at radius 3 is 2.38 bits per heavy atom. The molecule has 34 heavy (non-hydrogen) atoms. The van der Waals surface area contributed by atoms with Crippen LogP contribution in [-0.2, 0) is 22.3 Å². The highest BCUT2D eigenvalue weighted by Crippen LogP contribution is 2.28. The fourth-order valence-electron chi connectivity index (χ4n) is 3.50. The molecule has 3 rings (SSSR count). The maximum Gasteiger partial charge on any atom is 0.451 e. The fourth-order valence-corrected chi connectivity index (χ4v) is 3.50. The SMILES string of the molecule is C[C@@H]1CC(C(=O)NCc2cc(-c3cnc(C(F)(F)F)nc3)ncc2F)N(C(=O)OC(C)(C)C)C1. The highest BCUT2D eigenvalue weighted by molar-refractivity contribution is 5.86. The molecule has 2 amide bonds. The molecule has 1 N–H and O–H groups in total. The Kier molecular flexibility index (Phi) is 7.08. The minimum atomic E-state index is -4.69. The molecule has 0 bridgehead atoms. The van der Waals surface area contributed by atoms with Crippen LogP contribution in [0.15, 0.2) is 24.7 Å². The lowest BCUT2D eigenvalue weighted by Crippen LogP contribution is -2.47. The number of hydrogen-bond acceptors (Lipinski definition) is 6. The standard InChI is InChI=1S/C22H25F4N5O3/c1-12-5-17(31(11-12)20(33)34-21(2,3)4)18(32)28-7-13-6-16(27-10-15(13)23)14-8-29-19(30-9-14)22(24,25)26/h6,8-10,12,17H,5,7,11H2,1-4H3,(H,28,32)/t12-,17?/m1/s1. The maximum absolute atomic E-state index is 14.3. The van der Waals surface area contributed by atoms with Crippen molar-refractivity contribution in [3.63, 3.8) is 0 Å². The molecular weight excluding hydrogens is 458 g/mol. The Morgan fingerprint density at radius 2 is 1.79 bits per heavy atom. The fraction of sp³-hybridized carbons (Fsp3) is 0.500. The summed E-state index contributed by atoms with van der Waals surface area (Å²) in [5.41, 5.74) is -0.360.